The number of methoxy groups -OCH3 is 1. The van der Waals surface area contributed by atoms with Crippen LogP contribution >= 0.6 is 0 Å². The molecular weight excluding hydrogens is 416 g/mol. The zero-order valence-corrected chi connectivity index (χ0v) is 19.6. The second kappa shape index (κ2) is 12.6. The minimum Gasteiger partial charge on any atom is -0.503 e. The number of carbonyl (C=O) groups is 2. The summed E-state index contributed by atoms with van der Waals surface area (Å²) < 4.78 is 22.6. The highest BCUT2D eigenvalue weighted by Crippen LogP contribution is 2.28. The predicted molar refractivity (Wildman–Crippen MR) is 118 cm³/mol. The van der Waals surface area contributed by atoms with E-state index in [0.717, 1.165) is 19.3 Å². The van der Waals surface area contributed by atoms with E-state index in [9.17, 15) is 14.7 Å². The summed E-state index contributed by atoms with van der Waals surface area (Å²) in [5.41, 5.74) is -0.246. The number of aromatic hydroxyl groups is 1. The number of aromatic nitrogens is 1. The molecular formula is C23H36N2O7. The number of carbonyl (C=O) groups excluding carboxylic acids is 2. The van der Waals surface area contributed by atoms with Gasteiger partial charge in [-0.05, 0) is 25.7 Å². The molecule has 2 N–H and O–H groups in total. The highest BCUT2D eigenvalue weighted by atomic mass is 16.6. The molecule has 2 heterocycles. The minimum atomic E-state index is -1.05. The zero-order chi connectivity index (χ0) is 23.7. The van der Waals surface area contributed by atoms with Crippen LogP contribution in [-0.4, -0.2) is 67.1 Å². The number of rotatable bonds is 9. The van der Waals surface area contributed by atoms with Gasteiger partial charge in [0.15, 0.2) is 23.2 Å². The van der Waals surface area contributed by atoms with Crippen molar-refractivity contribution in [3.8, 4) is 11.5 Å². The molecule has 4 unspecified atom stereocenters. The number of ether oxygens (including phenoxy) is 4. The first kappa shape index (κ1) is 25.9. The van der Waals surface area contributed by atoms with Crippen molar-refractivity contribution in [1.82, 2.24) is 10.3 Å². The third-order valence-corrected chi connectivity index (χ3v) is 5.47. The summed E-state index contributed by atoms with van der Waals surface area (Å²) >= 11 is 0. The molecule has 32 heavy (non-hydrogen) atoms. The van der Waals surface area contributed by atoms with Gasteiger partial charge in [0.05, 0.1) is 26.4 Å². The molecule has 0 radical (unpaired) electrons. The molecule has 9 heteroatoms. The third-order valence-electron chi connectivity index (χ3n) is 5.47. The Morgan fingerprint density at radius 3 is 2.78 bits per heavy atom. The van der Waals surface area contributed by atoms with Gasteiger partial charge in [-0.2, -0.15) is 0 Å². The molecule has 1 aliphatic rings. The summed E-state index contributed by atoms with van der Waals surface area (Å²) in [6, 6.07) is 0.381. The average molecular weight is 453 g/mol. The number of nitrogens with zero attached hydrogens (tertiary/aromatic N) is 1. The van der Waals surface area contributed by atoms with Crippen molar-refractivity contribution < 1.29 is 33.6 Å². The summed E-state index contributed by atoms with van der Waals surface area (Å²) in [5.74, 6) is -1.14. The van der Waals surface area contributed by atoms with Crippen LogP contribution in [0.15, 0.2) is 12.3 Å². The van der Waals surface area contributed by atoms with Crippen molar-refractivity contribution in [1.29, 1.82) is 0 Å². The summed E-state index contributed by atoms with van der Waals surface area (Å²) in [7, 11) is 1.37. The summed E-state index contributed by atoms with van der Waals surface area (Å²) in [4.78, 5) is 29.4. The Hall–Kier alpha value is -2.39. The first-order valence-corrected chi connectivity index (χ1v) is 11.2. The second-order valence-electron chi connectivity index (χ2n) is 8.46. The summed E-state index contributed by atoms with van der Waals surface area (Å²) in [6.07, 6.45) is 3.39. The Morgan fingerprint density at radius 2 is 2.12 bits per heavy atom. The van der Waals surface area contributed by atoms with Crippen LogP contribution in [0.5, 0.6) is 11.5 Å². The minimum absolute atomic E-state index is 0.0218. The average Bonchev–Trinajstić information content (AvgIpc) is 2.80. The van der Waals surface area contributed by atoms with Crippen LogP contribution in [0.25, 0.3) is 0 Å². The number of pyridine rings is 1. The number of esters is 1. The topological polar surface area (TPSA) is 116 Å². The van der Waals surface area contributed by atoms with Gasteiger partial charge >= 0.3 is 5.97 Å². The van der Waals surface area contributed by atoms with E-state index in [1.54, 1.807) is 0 Å². The van der Waals surface area contributed by atoms with E-state index in [1.807, 2.05) is 13.8 Å². The van der Waals surface area contributed by atoms with Gasteiger partial charge in [-0.3, -0.25) is 4.79 Å². The molecule has 9 nitrogen and oxygen atoms in total. The van der Waals surface area contributed by atoms with Crippen LogP contribution in [0.3, 0.4) is 0 Å². The lowest BCUT2D eigenvalue weighted by Crippen LogP contribution is -2.46. The summed E-state index contributed by atoms with van der Waals surface area (Å²) in [5, 5.41) is 12.7. The molecule has 0 spiro atoms. The molecule has 1 aliphatic heterocycles. The van der Waals surface area contributed by atoms with Gasteiger partial charge in [-0.1, -0.05) is 27.2 Å². The van der Waals surface area contributed by atoms with Crippen molar-refractivity contribution in [3.63, 3.8) is 0 Å². The molecule has 1 fully saturated rings. The normalized spacial score (nSPS) is 24.2. The Bertz CT molecular complexity index is 756. The van der Waals surface area contributed by atoms with Crippen LogP contribution in [-0.2, 0) is 19.0 Å². The van der Waals surface area contributed by atoms with Crippen LogP contribution in [0.2, 0.25) is 0 Å². The highest BCUT2D eigenvalue weighted by Gasteiger charge is 2.35. The fourth-order valence-corrected chi connectivity index (χ4v) is 3.63. The lowest BCUT2D eigenvalue weighted by Gasteiger charge is -2.31. The third kappa shape index (κ3) is 7.06. The maximum atomic E-state index is 12.8. The molecule has 1 saturated heterocycles. The van der Waals surface area contributed by atoms with Crippen LogP contribution < -0.4 is 10.1 Å². The van der Waals surface area contributed by atoms with Gasteiger partial charge in [0.25, 0.3) is 5.91 Å². The number of cyclic esters (lactones) is 1. The predicted octanol–water partition coefficient (Wildman–Crippen LogP) is 2.70. The number of hydrogen-bond donors (Lipinski definition) is 2. The smallest absolute Gasteiger partial charge is 0.331 e. The SMILES string of the molecule is CCCOC1COCC(NC(=O)c2nccc(OC)c2O)C(=O)OC(C)C1CCC(C)C. The van der Waals surface area contributed by atoms with Crippen molar-refractivity contribution in [3.05, 3.63) is 18.0 Å². The number of hydrogen-bond acceptors (Lipinski definition) is 8. The molecule has 0 bridgehead atoms. The van der Waals surface area contributed by atoms with Crippen molar-refractivity contribution in [2.24, 2.45) is 11.8 Å². The molecule has 0 saturated carbocycles. The fourth-order valence-electron chi connectivity index (χ4n) is 3.63. The van der Waals surface area contributed by atoms with E-state index >= 15 is 0 Å². The Morgan fingerprint density at radius 1 is 1.38 bits per heavy atom. The Labute approximate surface area is 189 Å². The molecule has 4 atom stereocenters. The molecule has 180 valence electrons. The van der Waals surface area contributed by atoms with E-state index < -0.39 is 29.8 Å². The fraction of sp³-hybridized carbons (Fsp3) is 0.696. The molecule has 1 amide bonds. The standard InChI is InChI=1S/C23H36N2O7/c1-6-11-31-19-13-30-12-17(23(28)32-15(4)16(19)8-7-14(2)3)25-22(27)20-21(26)18(29-5)9-10-24-20/h9-10,14-17,19,26H,6-8,11-13H2,1-5H3,(H,25,27). The van der Waals surface area contributed by atoms with E-state index in [-0.39, 0.29) is 30.1 Å². The summed E-state index contributed by atoms with van der Waals surface area (Å²) in [6.45, 7) is 8.99. The van der Waals surface area contributed by atoms with Crippen molar-refractivity contribution in [2.45, 2.75) is 65.2 Å². The van der Waals surface area contributed by atoms with E-state index in [4.69, 9.17) is 18.9 Å². The molecule has 1 aromatic heterocycles. The quantitative estimate of drug-likeness (QED) is 0.550. The first-order valence-electron chi connectivity index (χ1n) is 11.2. The second-order valence-corrected chi connectivity index (χ2v) is 8.46. The monoisotopic (exact) mass is 452 g/mol. The van der Waals surface area contributed by atoms with Gasteiger partial charge < -0.3 is 29.4 Å². The van der Waals surface area contributed by atoms with Crippen molar-refractivity contribution >= 4 is 11.9 Å². The number of nitrogens with one attached hydrogen (secondary N) is 1. The van der Waals surface area contributed by atoms with Crippen LogP contribution in [0.4, 0.5) is 0 Å². The first-order chi connectivity index (χ1) is 15.3. The molecule has 1 aromatic rings. The molecule has 0 aliphatic carbocycles. The lowest BCUT2D eigenvalue weighted by molar-refractivity contribution is -0.155. The van der Waals surface area contributed by atoms with Gasteiger partial charge in [-0.15, -0.1) is 0 Å². The van der Waals surface area contributed by atoms with E-state index in [2.05, 4.69) is 24.1 Å². The van der Waals surface area contributed by atoms with Crippen molar-refractivity contribution in [2.75, 3.05) is 26.9 Å². The zero-order valence-electron chi connectivity index (χ0n) is 19.6. The molecule has 2 rings (SSSR count). The molecule has 0 aromatic carbocycles. The van der Waals surface area contributed by atoms with E-state index in [1.165, 1.54) is 19.4 Å². The van der Waals surface area contributed by atoms with Crippen LogP contribution in [0.1, 0.15) is 57.4 Å². The Balaban J connectivity index is 2.16. The number of amides is 1. The van der Waals surface area contributed by atoms with Gasteiger partial charge in [0, 0.05) is 24.8 Å². The lowest BCUT2D eigenvalue weighted by atomic mass is 9.89. The van der Waals surface area contributed by atoms with E-state index in [0.29, 0.717) is 19.1 Å². The highest BCUT2D eigenvalue weighted by molar-refractivity contribution is 5.98. The largest absolute Gasteiger partial charge is 0.503 e. The van der Waals surface area contributed by atoms with Crippen LogP contribution in [0, 0.1) is 11.8 Å². The maximum absolute atomic E-state index is 12.8. The van der Waals surface area contributed by atoms with Gasteiger partial charge in [-0.25, -0.2) is 9.78 Å². The van der Waals surface area contributed by atoms with Gasteiger partial charge in [0.1, 0.15) is 6.10 Å². The Kier molecular flexibility index (Phi) is 10.2. The maximum Gasteiger partial charge on any atom is 0.331 e. The van der Waals surface area contributed by atoms with Gasteiger partial charge in [0.2, 0.25) is 0 Å².